The lowest BCUT2D eigenvalue weighted by molar-refractivity contribution is -0.135. The summed E-state index contributed by atoms with van der Waals surface area (Å²) in [6, 6.07) is 8.45. The third-order valence-corrected chi connectivity index (χ3v) is 6.13. The van der Waals surface area contributed by atoms with Crippen molar-refractivity contribution < 1.29 is 14.3 Å². The molecule has 3 fully saturated rings. The fourth-order valence-corrected chi connectivity index (χ4v) is 4.79. The van der Waals surface area contributed by atoms with Gasteiger partial charge in [0, 0.05) is 44.6 Å². The van der Waals surface area contributed by atoms with Crippen molar-refractivity contribution in [2.45, 2.75) is 31.5 Å². The maximum absolute atomic E-state index is 13.1. The van der Waals surface area contributed by atoms with E-state index in [4.69, 9.17) is 10.00 Å². The molecule has 1 atom stereocenters. The number of hydrogen-bond acceptors (Lipinski definition) is 5. The van der Waals surface area contributed by atoms with Crippen molar-refractivity contribution in [2.75, 3.05) is 39.4 Å². The van der Waals surface area contributed by atoms with Gasteiger partial charge in [-0.15, -0.1) is 0 Å². The summed E-state index contributed by atoms with van der Waals surface area (Å²) < 4.78 is 5.55. The fourth-order valence-electron chi connectivity index (χ4n) is 4.79. The van der Waals surface area contributed by atoms with Gasteiger partial charge in [-0.2, -0.15) is 5.26 Å². The first-order valence-electron chi connectivity index (χ1n) is 9.56. The largest absolute Gasteiger partial charge is 0.381 e. The summed E-state index contributed by atoms with van der Waals surface area (Å²) in [5.41, 5.74) is 0.835. The second-order valence-electron chi connectivity index (χ2n) is 7.33. The Morgan fingerprint density at radius 2 is 1.96 bits per heavy atom. The molecule has 3 aliphatic heterocycles. The highest BCUT2D eigenvalue weighted by Crippen LogP contribution is 2.41. The molecule has 0 radical (unpaired) electrons. The first kappa shape index (κ1) is 18.0. The van der Waals surface area contributed by atoms with E-state index in [0.717, 1.165) is 12.8 Å². The average molecular weight is 368 g/mol. The minimum atomic E-state index is -0.279. The lowest BCUT2D eigenvalue weighted by Gasteiger charge is -2.48. The molecule has 27 heavy (non-hydrogen) atoms. The normalized spacial score (nSPS) is 24.7. The summed E-state index contributed by atoms with van der Waals surface area (Å²) in [6.07, 6.45) is 1.65. The van der Waals surface area contributed by atoms with Gasteiger partial charge >= 0.3 is 0 Å². The Morgan fingerprint density at radius 3 is 2.59 bits per heavy atom. The molecule has 1 spiro atoms. The lowest BCUT2D eigenvalue weighted by Crippen LogP contribution is -2.62. The minimum absolute atomic E-state index is 0.0806. The molecule has 0 aromatic heterocycles. The van der Waals surface area contributed by atoms with Crippen molar-refractivity contribution in [3.8, 4) is 6.07 Å². The quantitative estimate of drug-likeness (QED) is 0.780. The molecule has 3 saturated heterocycles. The fraction of sp³-hybridized carbons (Fsp3) is 0.550. The van der Waals surface area contributed by atoms with Crippen LogP contribution in [-0.4, -0.2) is 77.6 Å². The Labute approximate surface area is 159 Å². The molecule has 0 unspecified atom stereocenters. The van der Waals surface area contributed by atoms with Crippen LogP contribution in [0.25, 0.3) is 0 Å². The number of fused-ring (bicyclic) bond motifs is 2. The first-order valence-corrected chi connectivity index (χ1v) is 9.56. The maximum Gasteiger partial charge on any atom is 0.253 e. The van der Waals surface area contributed by atoms with Crippen LogP contribution in [0.1, 0.15) is 35.7 Å². The van der Waals surface area contributed by atoms with Crippen LogP contribution in [0.5, 0.6) is 0 Å². The van der Waals surface area contributed by atoms with Crippen molar-refractivity contribution in [2.24, 2.45) is 0 Å². The molecule has 3 heterocycles. The molecule has 0 bridgehead atoms. The van der Waals surface area contributed by atoms with Crippen molar-refractivity contribution in [3.63, 3.8) is 0 Å². The lowest BCUT2D eigenvalue weighted by atomic mass is 9.96. The number of piperazine rings is 1. The van der Waals surface area contributed by atoms with Gasteiger partial charge in [0.05, 0.1) is 24.8 Å². The number of rotatable bonds is 2. The van der Waals surface area contributed by atoms with Crippen molar-refractivity contribution in [3.05, 3.63) is 35.4 Å². The molecule has 7 heteroatoms. The Bertz CT molecular complexity index is 779. The number of nitrogens with zero attached hydrogens (tertiary/aromatic N) is 4. The summed E-state index contributed by atoms with van der Waals surface area (Å²) in [7, 11) is 0. The predicted molar refractivity (Wildman–Crippen MR) is 97.7 cm³/mol. The summed E-state index contributed by atoms with van der Waals surface area (Å²) in [4.78, 5) is 32.1. The number of likely N-dealkylation sites (N-methyl/N-ethyl adjacent to an activating group) is 1. The van der Waals surface area contributed by atoms with Crippen molar-refractivity contribution >= 4 is 11.8 Å². The predicted octanol–water partition coefficient (Wildman–Crippen LogP) is 1.05. The van der Waals surface area contributed by atoms with Gasteiger partial charge < -0.3 is 14.5 Å². The smallest absolute Gasteiger partial charge is 0.253 e. The molecule has 142 valence electrons. The summed E-state index contributed by atoms with van der Waals surface area (Å²) in [5.74, 6) is 0.0413. The Hall–Kier alpha value is -2.43. The zero-order chi connectivity index (χ0) is 19.0. The van der Waals surface area contributed by atoms with Crippen LogP contribution in [-0.2, 0) is 9.53 Å². The van der Waals surface area contributed by atoms with Crippen molar-refractivity contribution in [1.29, 1.82) is 5.26 Å². The van der Waals surface area contributed by atoms with Crippen LogP contribution in [0.15, 0.2) is 24.3 Å². The van der Waals surface area contributed by atoms with Gasteiger partial charge in [-0.05, 0) is 31.2 Å². The van der Waals surface area contributed by atoms with E-state index in [2.05, 4.69) is 11.0 Å². The van der Waals surface area contributed by atoms with E-state index in [9.17, 15) is 9.59 Å². The molecule has 0 N–H and O–H groups in total. The van der Waals surface area contributed by atoms with E-state index in [1.165, 1.54) is 0 Å². The first-order chi connectivity index (χ1) is 13.1. The van der Waals surface area contributed by atoms with E-state index >= 15 is 0 Å². The highest BCUT2D eigenvalue weighted by molar-refractivity contribution is 5.95. The molecule has 1 aromatic carbocycles. The molecular weight excluding hydrogens is 344 g/mol. The van der Waals surface area contributed by atoms with E-state index < -0.39 is 0 Å². The zero-order valence-electron chi connectivity index (χ0n) is 15.6. The van der Waals surface area contributed by atoms with Crippen LogP contribution < -0.4 is 0 Å². The number of ether oxygens (including phenoxy) is 1. The van der Waals surface area contributed by atoms with Crippen LogP contribution in [0.3, 0.4) is 0 Å². The average Bonchev–Trinajstić information content (AvgIpc) is 2.95. The van der Waals surface area contributed by atoms with Gasteiger partial charge in [-0.25, -0.2) is 0 Å². The van der Waals surface area contributed by atoms with E-state index in [0.29, 0.717) is 50.5 Å². The SMILES string of the molecule is CCN1C(=O)[C@H]2CN(C(=O)c3ccc(C#N)cc3)CCN2C12CCOCC2. The summed E-state index contributed by atoms with van der Waals surface area (Å²) >= 11 is 0. The van der Waals surface area contributed by atoms with Crippen LogP contribution in [0.4, 0.5) is 0 Å². The third-order valence-electron chi connectivity index (χ3n) is 6.13. The molecule has 4 rings (SSSR count). The summed E-state index contributed by atoms with van der Waals surface area (Å²) in [5, 5.41) is 8.91. The van der Waals surface area contributed by atoms with Gasteiger partial charge in [-0.1, -0.05) is 0 Å². The molecule has 0 saturated carbocycles. The number of carbonyl (C=O) groups is 2. The van der Waals surface area contributed by atoms with E-state index in [1.807, 2.05) is 11.8 Å². The Balaban J connectivity index is 1.55. The minimum Gasteiger partial charge on any atom is -0.381 e. The van der Waals surface area contributed by atoms with E-state index in [1.54, 1.807) is 29.2 Å². The number of carbonyl (C=O) groups excluding carboxylic acids is 2. The van der Waals surface area contributed by atoms with Crippen LogP contribution in [0.2, 0.25) is 0 Å². The van der Waals surface area contributed by atoms with Crippen LogP contribution >= 0.6 is 0 Å². The topological polar surface area (TPSA) is 76.9 Å². The van der Waals surface area contributed by atoms with Gasteiger partial charge in [0.25, 0.3) is 5.91 Å². The van der Waals surface area contributed by atoms with Gasteiger partial charge in [0.2, 0.25) is 5.91 Å². The van der Waals surface area contributed by atoms with Crippen LogP contribution in [0, 0.1) is 11.3 Å². The molecular formula is C20H24N4O3. The summed E-state index contributed by atoms with van der Waals surface area (Å²) in [6.45, 7) is 5.74. The number of hydrogen-bond donors (Lipinski definition) is 0. The molecule has 3 aliphatic rings. The van der Waals surface area contributed by atoms with Gasteiger partial charge in [-0.3, -0.25) is 14.5 Å². The third kappa shape index (κ3) is 2.80. The Kier molecular flexibility index (Phi) is 4.62. The second kappa shape index (κ2) is 6.95. The molecule has 0 aliphatic carbocycles. The van der Waals surface area contributed by atoms with Gasteiger partial charge in [0.1, 0.15) is 11.7 Å². The van der Waals surface area contributed by atoms with Gasteiger partial charge in [0.15, 0.2) is 0 Å². The highest BCUT2D eigenvalue weighted by Gasteiger charge is 2.57. The zero-order valence-corrected chi connectivity index (χ0v) is 15.6. The highest BCUT2D eigenvalue weighted by atomic mass is 16.5. The number of nitriles is 1. The molecule has 2 amide bonds. The standard InChI is InChI=1S/C20H24N4O3/c1-2-23-19(26)17-14-22(18(25)16-5-3-15(13-21)4-6-16)9-10-24(17)20(23)7-11-27-12-8-20/h3-6,17H,2,7-12,14H2,1H3/t17-/m1/s1. The second-order valence-corrected chi connectivity index (χ2v) is 7.33. The Morgan fingerprint density at radius 1 is 1.26 bits per heavy atom. The van der Waals surface area contributed by atoms with E-state index in [-0.39, 0.29) is 23.5 Å². The molecule has 7 nitrogen and oxygen atoms in total. The van der Waals surface area contributed by atoms with Crippen molar-refractivity contribution in [1.82, 2.24) is 14.7 Å². The molecule has 1 aromatic rings. The number of amides is 2. The monoisotopic (exact) mass is 368 g/mol. The maximum atomic E-state index is 13.1. The number of benzene rings is 1.